The molecule has 1 aliphatic rings. The highest BCUT2D eigenvalue weighted by Crippen LogP contribution is 2.35. The minimum Gasteiger partial charge on any atom is -0.333 e. The number of anilines is 1. The number of aromatic nitrogens is 2. The predicted octanol–water partition coefficient (Wildman–Crippen LogP) is 4.28. The van der Waals surface area contributed by atoms with E-state index in [-0.39, 0.29) is 11.8 Å². The Morgan fingerprint density at radius 2 is 2.25 bits per heavy atom. The Labute approximate surface area is 147 Å². The van der Waals surface area contributed by atoms with Crippen LogP contribution in [-0.4, -0.2) is 22.6 Å². The van der Waals surface area contributed by atoms with E-state index in [4.69, 9.17) is 16.1 Å². The monoisotopic (exact) mass is 359 g/mol. The lowest BCUT2D eigenvalue weighted by Crippen LogP contribution is -2.24. The zero-order valence-corrected chi connectivity index (χ0v) is 14.5. The Bertz CT molecular complexity index is 891. The van der Waals surface area contributed by atoms with Gasteiger partial charge >= 0.3 is 0 Å². The molecule has 1 amide bonds. The molecule has 3 aromatic rings. The first-order chi connectivity index (χ1) is 11.6. The summed E-state index contributed by atoms with van der Waals surface area (Å²) in [5.74, 6) is 0.998. The van der Waals surface area contributed by atoms with Crippen LogP contribution in [0.4, 0.5) is 5.69 Å². The number of thiophene rings is 1. The van der Waals surface area contributed by atoms with Gasteiger partial charge in [0.15, 0.2) is 5.82 Å². The molecule has 1 saturated heterocycles. The van der Waals surface area contributed by atoms with Crippen molar-refractivity contribution in [3.8, 4) is 10.8 Å². The van der Waals surface area contributed by atoms with E-state index in [0.29, 0.717) is 29.7 Å². The summed E-state index contributed by atoms with van der Waals surface area (Å²) in [5, 5.41) is 6.60. The standard InChI is InChI=1S/C17H14ClN3O2S/c1-10-4-5-13(12(18)7-10)21-9-11(8-15(21)22)16-19-17(23-20-16)14-3-2-6-24-14/h2-7,11H,8-9H2,1H3. The second-order valence-corrected chi connectivity index (χ2v) is 7.15. The van der Waals surface area contributed by atoms with Crippen molar-refractivity contribution in [3.05, 3.63) is 52.1 Å². The molecule has 24 heavy (non-hydrogen) atoms. The van der Waals surface area contributed by atoms with Crippen molar-refractivity contribution in [2.24, 2.45) is 0 Å². The summed E-state index contributed by atoms with van der Waals surface area (Å²) >= 11 is 7.84. The van der Waals surface area contributed by atoms with E-state index < -0.39 is 0 Å². The van der Waals surface area contributed by atoms with Gasteiger partial charge in [0.25, 0.3) is 5.89 Å². The summed E-state index contributed by atoms with van der Waals surface area (Å²) in [5.41, 5.74) is 1.79. The van der Waals surface area contributed by atoms with Gasteiger partial charge in [-0.05, 0) is 36.1 Å². The molecule has 1 aliphatic heterocycles. The van der Waals surface area contributed by atoms with E-state index in [1.54, 1.807) is 16.2 Å². The van der Waals surface area contributed by atoms with Crippen LogP contribution in [0.1, 0.15) is 23.7 Å². The Morgan fingerprint density at radius 3 is 3.00 bits per heavy atom. The van der Waals surface area contributed by atoms with Crippen LogP contribution < -0.4 is 4.90 Å². The van der Waals surface area contributed by atoms with E-state index in [9.17, 15) is 4.79 Å². The van der Waals surface area contributed by atoms with Crippen molar-refractivity contribution in [3.63, 3.8) is 0 Å². The van der Waals surface area contributed by atoms with Crippen molar-refractivity contribution in [2.45, 2.75) is 19.3 Å². The third-order valence-electron chi connectivity index (χ3n) is 4.06. The lowest BCUT2D eigenvalue weighted by Gasteiger charge is -2.18. The van der Waals surface area contributed by atoms with Gasteiger partial charge in [-0.15, -0.1) is 11.3 Å². The van der Waals surface area contributed by atoms with Crippen LogP contribution in [0.15, 0.2) is 40.2 Å². The van der Waals surface area contributed by atoms with Crippen LogP contribution in [0, 0.1) is 6.92 Å². The quantitative estimate of drug-likeness (QED) is 0.700. The molecule has 122 valence electrons. The molecule has 4 rings (SSSR count). The number of halogens is 1. The number of hydrogen-bond acceptors (Lipinski definition) is 5. The molecule has 1 atom stereocenters. The maximum absolute atomic E-state index is 12.4. The van der Waals surface area contributed by atoms with Crippen molar-refractivity contribution in [2.75, 3.05) is 11.4 Å². The SMILES string of the molecule is Cc1ccc(N2CC(c3noc(-c4cccs4)n3)CC2=O)c(Cl)c1. The molecule has 1 fully saturated rings. The van der Waals surface area contributed by atoms with Crippen LogP contribution in [0.3, 0.4) is 0 Å². The van der Waals surface area contributed by atoms with Crippen molar-refractivity contribution in [1.29, 1.82) is 0 Å². The third kappa shape index (κ3) is 2.72. The van der Waals surface area contributed by atoms with Gasteiger partial charge < -0.3 is 9.42 Å². The Hall–Kier alpha value is -2.18. The molecule has 1 unspecified atom stereocenters. The number of benzene rings is 1. The van der Waals surface area contributed by atoms with Gasteiger partial charge in [-0.3, -0.25) is 4.79 Å². The first kappa shape index (κ1) is 15.4. The number of carbonyl (C=O) groups is 1. The van der Waals surface area contributed by atoms with Crippen molar-refractivity contribution < 1.29 is 9.32 Å². The normalized spacial score (nSPS) is 17.7. The van der Waals surface area contributed by atoms with E-state index in [2.05, 4.69) is 10.1 Å². The summed E-state index contributed by atoms with van der Waals surface area (Å²) in [6.07, 6.45) is 0.355. The maximum Gasteiger partial charge on any atom is 0.267 e. The summed E-state index contributed by atoms with van der Waals surface area (Å²) in [7, 11) is 0. The molecule has 1 aromatic carbocycles. The molecule has 3 heterocycles. The number of aryl methyl sites for hydroxylation is 1. The number of rotatable bonds is 3. The highest BCUT2D eigenvalue weighted by Gasteiger charge is 2.35. The van der Waals surface area contributed by atoms with Crippen LogP contribution in [0.2, 0.25) is 5.02 Å². The smallest absolute Gasteiger partial charge is 0.267 e. The Kier molecular flexibility index (Phi) is 3.86. The summed E-state index contributed by atoms with van der Waals surface area (Å²) in [6.45, 7) is 2.47. The maximum atomic E-state index is 12.4. The van der Waals surface area contributed by atoms with Gasteiger partial charge in [-0.1, -0.05) is 28.9 Å². The van der Waals surface area contributed by atoms with Gasteiger partial charge in [-0.25, -0.2) is 0 Å². The third-order valence-corrected chi connectivity index (χ3v) is 5.22. The lowest BCUT2D eigenvalue weighted by atomic mass is 10.1. The average molecular weight is 360 g/mol. The molecular formula is C17H14ClN3O2S. The van der Waals surface area contributed by atoms with Gasteiger partial charge in [0.1, 0.15) is 0 Å². The summed E-state index contributed by atoms with van der Waals surface area (Å²) in [6, 6.07) is 9.56. The molecule has 7 heteroatoms. The first-order valence-corrected chi connectivity index (χ1v) is 8.81. The fourth-order valence-corrected chi connectivity index (χ4v) is 3.83. The molecule has 5 nitrogen and oxygen atoms in total. The van der Waals surface area contributed by atoms with E-state index in [1.165, 1.54) is 0 Å². The van der Waals surface area contributed by atoms with Gasteiger partial charge in [0.2, 0.25) is 5.91 Å². The second-order valence-electron chi connectivity index (χ2n) is 5.80. The zero-order chi connectivity index (χ0) is 16.7. The summed E-state index contributed by atoms with van der Waals surface area (Å²) in [4.78, 5) is 19.5. The Morgan fingerprint density at radius 1 is 1.38 bits per heavy atom. The predicted molar refractivity (Wildman–Crippen MR) is 93.5 cm³/mol. The van der Waals surface area contributed by atoms with Gasteiger partial charge in [0.05, 0.1) is 15.6 Å². The van der Waals surface area contributed by atoms with Crippen LogP contribution in [-0.2, 0) is 4.79 Å². The van der Waals surface area contributed by atoms with E-state index >= 15 is 0 Å². The van der Waals surface area contributed by atoms with Gasteiger partial charge in [-0.2, -0.15) is 4.98 Å². The lowest BCUT2D eigenvalue weighted by molar-refractivity contribution is -0.117. The molecule has 0 radical (unpaired) electrons. The molecule has 0 saturated carbocycles. The number of hydrogen-bond donors (Lipinski definition) is 0. The van der Waals surface area contributed by atoms with Crippen LogP contribution >= 0.6 is 22.9 Å². The molecular weight excluding hydrogens is 346 g/mol. The second kappa shape index (κ2) is 6.03. The topological polar surface area (TPSA) is 59.2 Å². The molecule has 0 bridgehead atoms. The fraction of sp³-hybridized carbons (Fsp3) is 0.235. The number of nitrogens with zero attached hydrogens (tertiary/aromatic N) is 3. The van der Waals surface area contributed by atoms with Crippen LogP contribution in [0.5, 0.6) is 0 Å². The minimum atomic E-state index is -0.0904. The molecule has 0 spiro atoms. The highest BCUT2D eigenvalue weighted by atomic mass is 35.5. The fourth-order valence-electron chi connectivity index (χ4n) is 2.85. The number of amides is 1. The first-order valence-electron chi connectivity index (χ1n) is 7.56. The Balaban J connectivity index is 1.58. The molecule has 0 N–H and O–H groups in total. The summed E-state index contributed by atoms with van der Waals surface area (Å²) < 4.78 is 5.33. The van der Waals surface area contributed by atoms with Crippen molar-refractivity contribution >= 4 is 34.5 Å². The zero-order valence-electron chi connectivity index (χ0n) is 12.9. The van der Waals surface area contributed by atoms with Crippen LogP contribution in [0.25, 0.3) is 10.8 Å². The number of carbonyl (C=O) groups excluding carboxylic acids is 1. The van der Waals surface area contributed by atoms with Crippen molar-refractivity contribution in [1.82, 2.24) is 10.1 Å². The molecule has 2 aromatic heterocycles. The van der Waals surface area contributed by atoms with E-state index in [1.807, 2.05) is 42.6 Å². The largest absolute Gasteiger partial charge is 0.333 e. The molecule has 0 aliphatic carbocycles. The average Bonchev–Trinajstić information content (AvgIpc) is 3.27. The minimum absolute atomic E-state index is 0.0215. The van der Waals surface area contributed by atoms with E-state index in [0.717, 1.165) is 16.1 Å². The van der Waals surface area contributed by atoms with Gasteiger partial charge in [0, 0.05) is 18.9 Å². The highest BCUT2D eigenvalue weighted by molar-refractivity contribution is 7.13.